The Balaban J connectivity index is 1.59. The molecular formula is C28H35ClO2. The summed E-state index contributed by atoms with van der Waals surface area (Å²) in [7, 11) is 0. The number of allylic oxidation sites excluding steroid dienone is 1. The van der Waals surface area contributed by atoms with Crippen molar-refractivity contribution in [2.24, 2.45) is 11.8 Å². The zero-order valence-corrected chi connectivity index (χ0v) is 19.4. The second-order valence-electron chi connectivity index (χ2n) is 8.87. The van der Waals surface area contributed by atoms with Gasteiger partial charge in [0.2, 0.25) is 0 Å². The van der Waals surface area contributed by atoms with Gasteiger partial charge in [0, 0.05) is 5.02 Å². The van der Waals surface area contributed by atoms with Gasteiger partial charge in [-0.3, -0.25) is 0 Å². The minimum absolute atomic E-state index is 0.346. The van der Waals surface area contributed by atoms with E-state index in [2.05, 4.69) is 25.6 Å². The standard InChI is InChI=1S/C28H35ClO2/c1-3-5-6-8-21-9-11-22(12-10-21)27(7-4-2)23-13-15-24(16-14-23)28(30)31-26-19-17-25(29)18-20-26/h4,13-22,27H,2-3,5-12H2,1H3/t21-,22-,27?. The van der Waals surface area contributed by atoms with E-state index in [9.17, 15) is 4.79 Å². The molecule has 1 unspecified atom stereocenters. The van der Waals surface area contributed by atoms with Gasteiger partial charge in [-0.2, -0.15) is 0 Å². The molecule has 31 heavy (non-hydrogen) atoms. The molecule has 2 aromatic carbocycles. The molecule has 3 rings (SSSR count). The quantitative estimate of drug-likeness (QED) is 0.160. The predicted molar refractivity (Wildman–Crippen MR) is 130 cm³/mol. The monoisotopic (exact) mass is 438 g/mol. The van der Waals surface area contributed by atoms with Crippen molar-refractivity contribution < 1.29 is 9.53 Å². The van der Waals surface area contributed by atoms with Crippen molar-refractivity contribution in [3.05, 3.63) is 77.3 Å². The van der Waals surface area contributed by atoms with E-state index in [0.29, 0.717) is 28.2 Å². The lowest BCUT2D eigenvalue weighted by Crippen LogP contribution is -2.20. The Hall–Kier alpha value is -2.06. The third kappa shape index (κ3) is 6.97. The van der Waals surface area contributed by atoms with E-state index in [4.69, 9.17) is 16.3 Å². The van der Waals surface area contributed by atoms with Crippen LogP contribution in [0.15, 0.2) is 61.2 Å². The summed E-state index contributed by atoms with van der Waals surface area (Å²) in [5.74, 6) is 2.25. The third-order valence-electron chi connectivity index (χ3n) is 6.70. The van der Waals surface area contributed by atoms with E-state index < -0.39 is 0 Å². The molecule has 0 bridgehead atoms. The number of hydrogen-bond donors (Lipinski definition) is 0. The molecule has 0 N–H and O–H groups in total. The summed E-state index contributed by atoms with van der Waals surface area (Å²) in [4.78, 5) is 12.5. The summed E-state index contributed by atoms with van der Waals surface area (Å²) < 4.78 is 5.46. The van der Waals surface area contributed by atoms with Crippen LogP contribution in [0.5, 0.6) is 5.75 Å². The lowest BCUT2D eigenvalue weighted by molar-refractivity contribution is 0.0734. The average molecular weight is 439 g/mol. The topological polar surface area (TPSA) is 26.3 Å². The highest BCUT2D eigenvalue weighted by atomic mass is 35.5. The molecular weight excluding hydrogens is 404 g/mol. The highest BCUT2D eigenvalue weighted by Crippen LogP contribution is 2.41. The number of rotatable bonds is 10. The van der Waals surface area contributed by atoms with Gasteiger partial charge in [-0.15, -0.1) is 6.58 Å². The number of ether oxygens (including phenoxy) is 1. The molecule has 2 nitrogen and oxygen atoms in total. The number of hydrogen-bond acceptors (Lipinski definition) is 2. The van der Waals surface area contributed by atoms with Crippen LogP contribution in [0.25, 0.3) is 0 Å². The Morgan fingerprint density at radius 3 is 2.35 bits per heavy atom. The van der Waals surface area contributed by atoms with Gasteiger partial charge in [-0.1, -0.05) is 75.3 Å². The summed E-state index contributed by atoms with van der Waals surface area (Å²) in [6, 6.07) is 14.8. The van der Waals surface area contributed by atoms with Crippen LogP contribution in [0.1, 0.15) is 86.6 Å². The molecule has 0 heterocycles. The number of carbonyl (C=O) groups is 1. The van der Waals surface area contributed by atoms with Crippen molar-refractivity contribution in [2.45, 2.75) is 70.6 Å². The molecule has 1 aliphatic rings. The van der Waals surface area contributed by atoms with E-state index in [1.54, 1.807) is 24.3 Å². The average Bonchev–Trinajstić information content (AvgIpc) is 2.80. The van der Waals surface area contributed by atoms with E-state index in [-0.39, 0.29) is 5.97 Å². The molecule has 2 aromatic rings. The number of carbonyl (C=O) groups excluding carboxylic acids is 1. The minimum atomic E-state index is -0.346. The van der Waals surface area contributed by atoms with Gasteiger partial charge in [0.25, 0.3) is 0 Å². The first-order valence-corrected chi connectivity index (χ1v) is 12.2. The van der Waals surface area contributed by atoms with Crippen molar-refractivity contribution in [3.63, 3.8) is 0 Å². The molecule has 0 saturated heterocycles. The van der Waals surface area contributed by atoms with Crippen molar-refractivity contribution in [2.75, 3.05) is 0 Å². The van der Waals surface area contributed by atoms with Gasteiger partial charge >= 0.3 is 5.97 Å². The largest absolute Gasteiger partial charge is 0.423 e. The zero-order valence-electron chi connectivity index (χ0n) is 18.7. The maximum atomic E-state index is 12.5. The molecule has 1 atom stereocenters. The first kappa shape index (κ1) is 23.6. The predicted octanol–water partition coefficient (Wildman–Crippen LogP) is 8.61. The van der Waals surface area contributed by atoms with Crippen molar-refractivity contribution in [1.29, 1.82) is 0 Å². The Bertz CT molecular complexity index is 817. The highest BCUT2D eigenvalue weighted by Gasteiger charge is 2.28. The van der Waals surface area contributed by atoms with E-state index >= 15 is 0 Å². The van der Waals surface area contributed by atoms with Crippen LogP contribution >= 0.6 is 11.6 Å². The van der Waals surface area contributed by atoms with E-state index in [0.717, 1.165) is 12.3 Å². The Labute approximate surface area is 192 Å². The van der Waals surface area contributed by atoms with Gasteiger partial charge in [0.1, 0.15) is 5.75 Å². The second kappa shape index (κ2) is 12.1. The summed E-state index contributed by atoms with van der Waals surface area (Å²) in [5.41, 5.74) is 1.87. The number of esters is 1. The molecule has 0 radical (unpaired) electrons. The lowest BCUT2D eigenvalue weighted by Gasteiger charge is -2.34. The van der Waals surface area contributed by atoms with Gasteiger partial charge in [0.15, 0.2) is 0 Å². The fraction of sp³-hybridized carbons (Fsp3) is 0.464. The molecule has 1 fully saturated rings. The van der Waals surface area contributed by atoms with E-state index in [1.165, 1.54) is 56.9 Å². The second-order valence-corrected chi connectivity index (χ2v) is 9.31. The molecule has 166 valence electrons. The summed E-state index contributed by atoms with van der Waals surface area (Å²) in [6.45, 7) is 6.28. The Kier molecular flexibility index (Phi) is 9.21. The maximum absolute atomic E-state index is 12.5. The molecule has 0 aliphatic heterocycles. The minimum Gasteiger partial charge on any atom is -0.423 e. The molecule has 0 amide bonds. The molecule has 1 saturated carbocycles. The summed E-state index contributed by atoms with van der Waals surface area (Å²) in [6.07, 6.45) is 13.8. The van der Waals surface area contributed by atoms with Crippen LogP contribution in [-0.4, -0.2) is 5.97 Å². The van der Waals surface area contributed by atoms with Gasteiger partial charge in [-0.05, 0) is 79.0 Å². The molecule has 3 heteroatoms. The highest BCUT2D eigenvalue weighted by molar-refractivity contribution is 6.30. The van der Waals surface area contributed by atoms with Crippen LogP contribution in [0.2, 0.25) is 5.02 Å². The van der Waals surface area contributed by atoms with Crippen LogP contribution in [-0.2, 0) is 0 Å². The molecule has 1 aliphatic carbocycles. The van der Waals surface area contributed by atoms with E-state index in [1.807, 2.05) is 18.2 Å². The molecule has 0 spiro atoms. The fourth-order valence-corrected chi connectivity index (χ4v) is 5.00. The lowest BCUT2D eigenvalue weighted by atomic mass is 9.71. The van der Waals surface area contributed by atoms with Crippen molar-refractivity contribution in [3.8, 4) is 5.75 Å². The first-order valence-electron chi connectivity index (χ1n) is 11.8. The third-order valence-corrected chi connectivity index (χ3v) is 6.95. The summed E-state index contributed by atoms with van der Waals surface area (Å²) in [5, 5.41) is 0.618. The van der Waals surface area contributed by atoms with Gasteiger partial charge < -0.3 is 4.74 Å². The van der Waals surface area contributed by atoms with Crippen molar-refractivity contribution in [1.82, 2.24) is 0 Å². The Morgan fingerprint density at radius 2 is 1.74 bits per heavy atom. The number of halogens is 1. The van der Waals surface area contributed by atoms with Crippen LogP contribution in [0.4, 0.5) is 0 Å². The normalized spacial score (nSPS) is 19.5. The first-order chi connectivity index (χ1) is 15.1. The SMILES string of the molecule is C=CCC(c1ccc(C(=O)Oc2ccc(Cl)cc2)cc1)[C@H]1CC[C@H](CCCCC)CC1. The van der Waals surface area contributed by atoms with Crippen molar-refractivity contribution >= 4 is 17.6 Å². The zero-order chi connectivity index (χ0) is 22.1. The number of benzene rings is 2. The van der Waals surface area contributed by atoms with Gasteiger partial charge in [-0.25, -0.2) is 4.79 Å². The van der Waals surface area contributed by atoms with Crippen LogP contribution < -0.4 is 4.74 Å². The molecule has 0 aromatic heterocycles. The maximum Gasteiger partial charge on any atom is 0.343 e. The van der Waals surface area contributed by atoms with Crippen LogP contribution in [0, 0.1) is 11.8 Å². The summed E-state index contributed by atoms with van der Waals surface area (Å²) >= 11 is 5.89. The smallest absolute Gasteiger partial charge is 0.343 e. The number of unbranched alkanes of at least 4 members (excludes halogenated alkanes) is 2. The fourth-order valence-electron chi connectivity index (χ4n) is 4.88. The Morgan fingerprint density at radius 1 is 1.06 bits per heavy atom. The van der Waals surface area contributed by atoms with Crippen LogP contribution in [0.3, 0.4) is 0 Å². The van der Waals surface area contributed by atoms with Gasteiger partial charge in [0.05, 0.1) is 5.56 Å².